The number of benzene rings is 3. The molecule has 8 nitrogen and oxygen atoms in total. The minimum absolute atomic E-state index is 0.160. The number of allylic oxidation sites excluding steroid dienone is 1. The number of aliphatic hydroxyl groups excluding tert-OH is 1. The van der Waals surface area contributed by atoms with Gasteiger partial charge in [0, 0.05) is 30.8 Å². The molecule has 3 unspecified atom stereocenters. The topological polar surface area (TPSA) is 108 Å². The highest BCUT2D eigenvalue weighted by atomic mass is 16.3. The third kappa shape index (κ3) is 8.15. The van der Waals surface area contributed by atoms with Crippen molar-refractivity contribution >= 4 is 17.4 Å². The number of oxazole rings is 1. The lowest BCUT2D eigenvalue weighted by molar-refractivity contribution is 0.0715. The fourth-order valence-electron chi connectivity index (χ4n) is 5.85. The molecule has 0 aliphatic carbocycles. The Bertz CT molecular complexity index is 1650. The van der Waals surface area contributed by atoms with Gasteiger partial charge in [0.25, 0.3) is 11.8 Å². The number of amides is 2. The average molecular weight is 607 g/mol. The summed E-state index contributed by atoms with van der Waals surface area (Å²) < 4.78 is 5.63. The van der Waals surface area contributed by atoms with Crippen LogP contribution < -0.4 is 10.6 Å². The molecule has 5 rings (SSSR count). The molecule has 3 N–H and O–H groups in total. The van der Waals surface area contributed by atoms with Gasteiger partial charge in [0.15, 0.2) is 0 Å². The maximum Gasteiger partial charge on any atom is 0.254 e. The van der Waals surface area contributed by atoms with E-state index in [1.165, 1.54) is 0 Å². The first-order chi connectivity index (χ1) is 21.7. The molecule has 1 fully saturated rings. The van der Waals surface area contributed by atoms with Crippen molar-refractivity contribution in [1.82, 2.24) is 20.5 Å². The van der Waals surface area contributed by atoms with Gasteiger partial charge in [0.05, 0.1) is 17.8 Å². The van der Waals surface area contributed by atoms with Crippen molar-refractivity contribution in [1.29, 1.82) is 0 Å². The van der Waals surface area contributed by atoms with E-state index >= 15 is 0 Å². The Morgan fingerprint density at radius 2 is 1.78 bits per heavy atom. The first kappa shape index (κ1) is 31.9. The molecule has 2 amide bonds. The third-order valence-electron chi connectivity index (χ3n) is 8.20. The van der Waals surface area contributed by atoms with Crippen LogP contribution in [-0.4, -0.2) is 52.0 Å². The van der Waals surface area contributed by atoms with Crippen molar-refractivity contribution in [3.63, 3.8) is 0 Å². The molecular formula is C37H42N4O4. The second-order valence-corrected chi connectivity index (χ2v) is 12.0. The van der Waals surface area contributed by atoms with Crippen LogP contribution >= 0.6 is 0 Å². The highest BCUT2D eigenvalue weighted by molar-refractivity contribution is 6.00. The van der Waals surface area contributed by atoms with E-state index in [0.29, 0.717) is 36.5 Å². The number of rotatable bonds is 12. The van der Waals surface area contributed by atoms with Gasteiger partial charge in [-0.05, 0) is 80.5 Å². The minimum Gasteiger partial charge on any atom is -0.446 e. The number of hydrogen-bond acceptors (Lipinski definition) is 6. The first-order valence-corrected chi connectivity index (χ1v) is 15.5. The SMILES string of the molecule is C=C(C)c1cccc(CNCC(O)C(Cc2ccccc2)NC(=O)c2cc(C)cc(C(=O)N3CCCC3c3nc(C)co3)c2)c1. The summed E-state index contributed by atoms with van der Waals surface area (Å²) in [7, 11) is 0. The lowest BCUT2D eigenvalue weighted by Gasteiger charge is -2.25. The second kappa shape index (κ2) is 14.5. The van der Waals surface area contributed by atoms with E-state index < -0.39 is 12.1 Å². The van der Waals surface area contributed by atoms with Gasteiger partial charge < -0.3 is 25.1 Å². The molecule has 4 aromatic rings. The smallest absolute Gasteiger partial charge is 0.254 e. The van der Waals surface area contributed by atoms with Crippen molar-refractivity contribution in [3.05, 3.63) is 131 Å². The molecule has 2 heterocycles. The minimum atomic E-state index is -0.862. The normalized spacial score (nSPS) is 15.9. The van der Waals surface area contributed by atoms with E-state index in [4.69, 9.17) is 4.42 Å². The Hall–Kier alpha value is -4.53. The van der Waals surface area contributed by atoms with Gasteiger partial charge in [-0.15, -0.1) is 0 Å². The van der Waals surface area contributed by atoms with Crippen LogP contribution in [0, 0.1) is 13.8 Å². The standard InChI is InChI=1S/C37H42N4O4/c1-24(2)29-13-8-12-28(18-29)21-38-22-34(42)32(19-27-10-6-5-7-11-27)40-35(43)30-16-25(3)17-31(20-30)37(44)41-15-9-14-33(41)36-39-26(4)23-45-36/h5-8,10-13,16-18,20,23,32-34,38,42H,1,9,14-15,19,21-22H2,2-4H3,(H,40,43). The lowest BCUT2D eigenvalue weighted by Crippen LogP contribution is -2.48. The summed E-state index contributed by atoms with van der Waals surface area (Å²) in [5.74, 6) is 0.0360. The molecule has 3 atom stereocenters. The summed E-state index contributed by atoms with van der Waals surface area (Å²) in [6.07, 6.45) is 2.81. The van der Waals surface area contributed by atoms with Crippen LogP contribution in [0.4, 0.5) is 0 Å². The molecule has 0 spiro atoms. The fraction of sp³-hybridized carbons (Fsp3) is 0.324. The highest BCUT2D eigenvalue weighted by Gasteiger charge is 2.34. The molecular weight excluding hydrogens is 564 g/mol. The van der Waals surface area contributed by atoms with Crippen LogP contribution in [0.5, 0.6) is 0 Å². The van der Waals surface area contributed by atoms with Gasteiger partial charge in [-0.25, -0.2) is 4.98 Å². The van der Waals surface area contributed by atoms with Crippen molar-refractivity contribution in [2.45, 2.75) is 64.8 Å². The molecule has 8 heteroatoms. The number of likely N-dealkylation sites (tertiary alicyclic amines) is 1. The van der Waals surface area contributed by atoms with Crippen molar-refractivity contribution in [2.24, 2.45) is 0 Å². The van der Waals surface area contributed by atoms with E-state index in [1.54, 1.807) is 29.4 Å². The molecule has 1 aromatic heterocycles. The van der Waals surface area contributed by atoms with Crippen LogP contribution in [-0.2, 0) is 13.0 Å². The van der Waals surface area contributed by atoms with Crippen LogP contribution in [0.25, 0.3) is 5.57 Å². The van der Waals surface area contributed by atoms with Crippen molar-refractivity contribution in [2.75, 3.05) is 13.1 Å². The van der Waals surface area contributed by atoms with E-state index in [0.717, 1.165) is 46.4 Å². The molecule has 3 aromatic carbocycles. The summed E-state index contributed by atoms with van der Waals surface area (Å²) >= 11 is 0. The Morgan fingerprint density at radius 3 is 2.51 bits per heavy atom. The van der Waals surface area contributed by atoms with Crippen molar-refractivity contribution in [3.8, 4) is 0 Å². The number of nitrogens with one attached hydrogen (secondary N) is 2. The summed E-state index contributed by atoms with van der Waals surface area (Å²) in [5, 5.41) is 17.7. The Balaban J connectivity index is 1.30. The molecule has 1 aliphatic heterocycles. The zero-order valence-electron chi connectivity index (χ0n) is 26.3. The Labute approximate surface area is 265 Å². The van der Waals surface area contributed by atoms with E-state index in [9.17, 15) is 14.7 Å². The maximum absolute atomic E-state index is 13.7. The summed E-state index contributed by atoms with van der Waals surface area (Å²) in [5.41, 5.74) is 6.54. The van der Waals surface area contributed by atoms with Crippen LogP contribution in [0.15, 0.2) is 90.1 Å². The monoisotopic (exact) mass is 606 g/mol. The largest absolute Gasteiger partial charge is 0.446 e. The second-order valence-electron chi connectivity index (χ2n) is 12.0. The van der Waals surface area contributed by atoms with Crippen molar-refractivity contribution < 1.29 is 19.1 Å². The number of carbonyl (C=O) groups is 2. The maximum atomic E-state index is 13.7. The van der Waals surface area contributed by atoms with Gasteiger partial charge in [-0.1, -0.05) is 66.7 Å². The quantitative estimate of drug-likeness (QED) is 0.188. The molecule has 45 heavy (non-hydrogen) atoms. The summed E-state index contributed by atoms with van der Waals surface area (Å²) in [4.78, 5) is 33.6. The van der Waals surface area contributed by atoms with Crippen LogP contribution in [0.3, 0.4) is 0 Å². The zero-order valence-corrected chi connectivity index (χ0v) is 26.3. The Morgan fingerprint density at radius 1 is 1.02 bits per heavy atom. The number of aryl methyl sites for hydroxylation is 2. The average Bonchev–Trinajstić information content (AvgIpc) is 3.70. The Kier molecular flexibility index (Phi) is 10.3. The predicted octanol–water partition coefficient (Wildman–Crippen LogP) is 5.79. The molecule has 0 radical (unpaired) electrons. The summed E-state index contributed by atoms with van der Waals surface area (Å²) in [6.45, 7) is 11.2. The van der Waals surface area contributed by atoms with Crippen LogP contribution in [0.2, 0.25) is 0 Å². The van der Waals surface area contributed by atoms with Gasteiger partial charge >= 0.3 is 0 Å². The first-order valence-electron chi connectivity index (χ1n) is 15.5. The lowest BCUT2D eigenvalue weighted by atomic mass is 9.99. The highest BCUT2D eigenvalue weighted by Crippen LogP contribution is 2.33. The van der Waals surface area contributed by atoms with Gasteiger partial charge in [-0.2, -0.15) is 0 Å². The number of carbonyl (C=O) groups excluding carboxylic acids is 2. The predicted molar refractivity (Wildman–Crippen MR) is 176 cm³/mol. The fourth-order valence-corrected chi connectivity index (χ4v) is 5.85. The number of aromatic nitrogens is 1. The van der Waals surface area contributed by atoms with Gasteiger partial charge in [0.1, 0.15) is 12.3 Å². The van der Waals surface area contributed by atoms with Gasteiger partial charge in [-0.3, -0.25) is 9.59 Å². The molecule has 0 saturated carbocycles. The number of hydrogen-bond donors (Lipinski definition) is 3. The molecule has 1 aliphatic rings. The van der Waals surface area contributed by atoms with E-state index in [2.05, 4.69) is 28.3 Å². The van der Waals surface area contributed by atoms with E-state index in [-0.39, 0.29) is 24.4 Å². The number of aliphatic hydroxyl groups is 1. The van der Waals surface area contributed by atoms with Crippen LogP contribution in [0.1, 0.15) is 80.4 Å². The zero-order chi connectivity index (χ0) is 31.9. The summed E-state index contributed by atoms with van der Waals surface area (Å²) in [6, 6.07) is 22.3. The van der Waals surface area contributed by atoms with Gasteiger partial charge in [0.2, 0.25) is 5.89 Å². The van der Waals surface area contributed by atoms with E-state index in [1.807, 2.05) is 69.3 Å². The third-order valence-corrected chi connectivity index (χ3v) is 8.20. The molecule has 0 bridgehead atoms. The molecule has 234 valence electrons. The number of nitrogens with zero attached hydrogens (tertiary/aromatic N) is 2. The molecule has 1 saturated heterocycles.